The topological polar surface area (TPSA) is 49.3 Å². The third kappa shape index (κ3) is 4.98. The molecule has 0 amide bonds. The minimum Gasteiger partial charge on any atom is -0.478 e. The fraction of sp³-hybridized carbons (Fsp3) is 0.750. The smallest absolute Gasteiger partial charge is 0.332 e. The Hall–Kier alpha value is -0.830. The van der Waals surface area contributed by atoms with E-state index in [4.69, 9.17) is 5.11 Å². The molecule has 2 atom stereocenters. The largest absolute Gasteiger partial charge is 0.478 e. The number of nitrogens with one attached hydrogen (secondary N) is 1. The van der Waals surface area contributed by atoms with E-state index in [9.17, 15) is 4.79 Å². The fourth-order valence-corrected chi connectivity index (χ4v) is 1.65. The van der Waals surface area contributed by atoms with Gasteiger partial charge in [-0.15, -0.1) is 0 Å². The molecule has 88 valence electrons. The quantitative estimate of drug-likeness (QED) is 0.609. The van der Waals surface area contributed by atoms with E-state index in [0.717, 1.165) is 25.7 Å². The molecule has 0 radical (unpaired) electrons. The van der Waals surface area contributed by atoms with Gasteiger partial charge in [-0.3, -0.25) is 0 Å². The molecule has 0 rings (SSSR count). The van der Waals surface area contributed by atoms with Crippen molar-refractivity contribution in [1.82, 2.24) is 5.32 Å². The highest BCUT2D eigenvalue weighted by atomic mass is 16.4. The molecule has 0 aliphatic carbocycles. The highest BCUT2D eigenvalue weighted by Crippen LogP contribution is 2.09. The molecule has 0 aromatic rings. The Morgan fingerprint density at radius 2 is 1.93 bits per heavy atom. The molecule has 3 nitrogen and oxygen atoms in total. The maximum Gasteiger partial charge on any atom is 0.332 e. The molecule has 0 bridgehead atoms. The molecule has 2 unspecified atom stereocenters. The molecule has 0 fully saturated rings. The van der Waals surface area contributed by atoms with E-state index in [1.165, 1.54) is 0 Å². The van der Waals surface area contributed by atoms with Crippen LogP contribution in [0.5, 0.6) is 0 Å². The summed E-state index contributed by atoms with van der Waals surface area (Å²) in [6, 6.07) is 0.301. The van der Waals surface area contributed by atoms with E-state index in [1.54, 1.807) is 0 Å². The Morgan fingerprint density at radius 3 is 2.27 bits per heavy atom. The number of hydrogen-bond donors (Lipinski definition) is 2. The molecule has 0 spiro atoms. The molecule has 0 saturated carbocycles. The van der Waals surface area contributed by atoms with Crippen LogP contribution >= 0.6 is 0 Å². The Balaban J connectivity index is 4.29. The third-order valence-corrected chi connectivity index (χ3v) is 2.67. The maximum absolute atomic E-state index is 10.8. The van der Waals surface area contributed by atoms with Gasteiger partial charge in [0.05, 0.1) is 0 Å². The molecule has 15 heavy (non-hydrogen) atoms. The van der Waals surface area contributed by atoms with E-state index in [2.05, 4.69) is 25.7 Å². The summed E-state index contributed by atoms with van der Waals surface area (Å²) in [4.78, 5) is 10.8. The van der Waals surface area contributed by atoms with Crippen LogP contribution in [-0.4, -0.2) is 23.2 Å². The molecular formula is C12H23NO2. The summed E-state index contributed by atoms with van der Waals surface area (Å²) in [6.45, 7) is 9.84. The minimum absolute atomic E-state index is 0.0981. The van der Waals surface area contributed by atoms with Crippen molar-refractivity contribution in [2.75, 3.05) is 0 Å². The first-order valence-electron chi connectivity index (χ1n) is 5.74. The second kappa shape index (κ2) is 7.46. The SMILES string of the molecule is C=C(C(=O)O)C(CC)NC(CC)CCC. The standard InChI is InChI=1S/C12H23NO2/c1-5-8-10(6-2)13-11(7-3)9(4)12(14)15/h10-11,13H,4-8H2,1-3H3,(H,14,15). The molecule has 0 aliphatic rings. The molecular weight excluding hydrogens is 190 g/mol. The lowest BCUT2D eigenvalue weighted by Gasteiger charge is -2.24. The Labute approximate surface area is 92.6 Å². The van der Waals surface area contributed by atoms with Crippen molar-refractivity contribution in [3.05, 3.63) is 12.2 Å². The summed E-state index contributed by atoms with van der Waals surface area (Å²) < 4.78 is 0. The zero-order valence-corrected chi connectivity index (χ0v) is 10.0. The molecule has 0 aliphatic heterocycles. The lowest BCUT2D eigenvalue weighted by Crippen LogP contribution is -2.40. The van der Waals surface area contributed by atoms with Crippen LogP contribution in [0.3, 0.4) is 0 Å². The predicted octanol–water partition coefficient (Wildman–Crippen LogP) is 2.57. The first-order chi connectivity index (χ1) is 7.06. The number of carboxylic acids is 1. The number of rotatable bonds is 8. The van der Waals surface area contributed by atoms with Crippen molar-refractivity contribution >= 4 is 5.97 Å². The second-order valence-electron chi connectivity index (χ2n) is 3.85. The summed E-state index contributed by atoms with van der Waals surface area (Å²) in [5.74, 6) is -0.902. The average Bonchev–Trinajstić information content (AvgIpc) is 2.23. The Kier molecular flexibility index (Phi) is 7.05. The average molecular weight is 213 g/mol. The highest BCUT2D eigenvalue weighted by Gasteiger charge is 2.18. The van der Waals surface area contributed by atoms with Gasteiger partial charge in [-0.05, 0) is 19.3 Å². The van der Waals surface area contributed by atoms with Crippen molar-refractivity contribution in [1.29, 1.82) is 0 Å². The summed E-state index contributed by atoms with van der Waals surface area (Å²) >= 11 is 0. The van der Waals surface area contributed by atoms with Gasteiger partial charge in [-0.25, -0.2) is 4.79 Å². The van der Waals surface area contributed by atoms with E-state index < -0.39 is 5.97 Å². The van der Waals surface area contributed by atoms with E-state index >= 15 is 0 Å². The summed E-state index contributed by atoms with van der Waals surface area (Å²) in [6.07, 6.45) is 3.99. The van der Waals surface area contributed by atoms with Crippen molar-refractivity contribution in [2.45, 2.75) is 58.5 Å². The van der Waals surface area contributed by atoms with Crippen LogP contribution in [0.25, 0.3) is 0 Å². The van der Waals surface area contributed by atoms with E-state index in [0.29, 0.717) is 6.04 Å². The lowest BCUT2D eigenvalue weighted by atomic mass is 10.0. The summed E-state index contributed by atoms with van der Waals surface area (Å²) in [5.41, 5.74) is 0.270. The first kappa shape index (κ1) is 14.2. The maximum atomic E-state index is 10.8. The van der Waals surface area contributed by atoms with Gasteiger partial charge in [0, 0.05) is 17.7 Å². The number of hydrogen-bond acceptors (Lipinski definition) is 2. The fourth-order valence-electron chi connectivity index (χ4n) is 1.65. The van der Waals surface area contributed by atoms with Crippen LogP contribution in [0.4, 0.5) is 0 Å². The molecule has 2 N–H and O–H groups in total. The summed E-state index contributed by atoms with van der Waals surface area (Å²) in [7, 11) is 0. The highest BCUT2D eigenvalue weighted by molar-refractivity contribution is 5.87. The normalized spacial score (nSPS) is 14.6. The van der Waals surface area contributed by atoms with Crippen molar-refractivity contribution in [2.24, 2.45) is 0 Å². The Morgan fingerprint density at radius 1 is 1.33 bits per heavy atom. The van der Waals surface area contributed by atoms with Gasteiger partial charge in [0.25, 0.3) is 0 Å². The van der Waals surface area contributed by atoms with E-state index in [-0.39, 0.29) is 11.6 Å². The van der Waals surface area contributed by atoms with Gasteiger partial charge < -0.3 is 10.4 Å². The number of aliphatic carboxylic acids is 1. The zero-order valence-electron chi connectivity index (χ0n) is 10.0. The van der Waals surface area contributed by atoms with Gasteiger partial charge in [-0.2, -0.15) is 0 Å². The van der Waals surface area contributed by atoms with Crippen LogP contribution in [0.2, 0.25) is 0 Å². The second-order valence-corrected chi connectivity index (χ2v) is 3.85. The van der Waals surface area contributed by atoms with Crippen LogP contribution in [0.15, 0.2) is 12.2 Å². The zero-order chi connectivity index (χ0) is 11.8. The lowest BCUT2D eigenvalue weighted by molar-refractivity contribution is -0.133. The van der Waals surface area contributed by atoms with Gasteiger partial charge in [0.1, 0.15) is 0 Å². The van der Waals surface area contributed by atoms with Crippen molar-refractivity contribution in [3.8, 4) is 0 Å². The number of carboxylic acid groups (broad SMARTS) is 1. The molecule has 0 heterocycles. The van der Waals surface area contributed by atoms with Gasteiger partial charge in [0.2, 0.25) is 0 Å². The predicted molar refractivity (Wildman–Crippen MR) is 63.0 cm³/mol. The van der Waals surface area contributed by atoms with Gasteiger partial charge in [-0.1, -0.05) is 33.8 Å². The first-order valence-corrected chi connectivity index (χ1v) is 5.74. The van der Waals surface area contributed by atoms with Crippen molar-refractivity contribution in [3.63, 3.8) is 0 Å². The monoisotopic (exact) mass is 213 g/mol. The Bertz CT molecular complexity index is 214. The van der Waals surface area contributed by atoms with Crippen LogP contribution in [-0.2, 0) is 4.79 Å². The van der Waals surface area contributed by atoms with Crippen LogP contribution < -0.4 is 5.32 Å². The molecule has 3 heteroatoms. The van der Waals surface area contributed by atoms with Crippen molar-refractivity contribution < 1.29 is 9.90 Å². The molecule has 0 aromatic heterocycles. The van der Waals surface area contributed by atoms with Crippen LogP contribution in [0.1, 0.15) is 46.5 Å². The number of carbonyl (C=O) groups is 1. The van der Waals surface area contributed by atoms with E-state index in [1.807, 2.05) is 6.92 Å². The molecule has 0 saturated heterocycles. The van der Waals surface area contributed by atoms with Gasteiger partial charge >= 0.3 is 5.97 Å². The molecule has 0 aromatic carbocycles. The van der Waals surface area contributed by atoms with Gasteiger partial charge in [0.15, 0.2) is 0 Å². The minimum atomic E-state index is -0.902. The van der Waals surface area contributed by atoms with Crippen LogP contribution in [0, 0.1) is 0 Å². The third-order valence-electron chi connectivity index (χ3n) is 2.67. The summed E-state index contributed by atoms with van der Waals surface area (Å²) in [5, 5.41) is 12.2.